The van der Waals surface area contributed by atoms with Crippen molar-refractivity contribution in [2.45, 2.75) is 32.9 Å². The van der Waals surface area contributed by atoms with Crippen molar-refractivity contribution in [1.29, 1.82) is 0 Å². The van der Waals surface area contributed by atoms with Crippen LogP contribution in [0.1, 0.15) is 25.0 Å². The summed E-state index contributed by atoms with van der Waals surface area (Å²) in [5, 5.41) is 3.14. The van der Waals surface area contributed by atoms with E-state index < -0.39 is 5.41 Å². The van der Waals surface area contributed by atoms with Crippen LogP contribution in [-0.2, 0) is 27.4 Å². The van der Waals surface area contributed by atoms with Gasteiger partial charge < -0.3 is 14.8 Å². The lowest BCUT2D eigenvalue weighted by Gasteiger charge is -2.39. The summed E-state index contributed by atoms with van der Waals surface area (Å²) in [4.78, 5) is 25.9. The summed E-state index contributed by atoms with van der Waals surface area (Å²) in [6.45, 7) is 5.03. The Balaban J connectivity index is 1.33. The van der Waals surface area contributed by atoms with E-state index in [1.54, 1.807) is 0 Å². The molecule has 31 heavy (non-hydrogen) atoms. The largest absolute Gasteiger partial charge is 0.489 e. The van der Waals surface area contributed by atoms with Crippen LogP contribution in [0.15, 0.2) is 66.2 Å². The zero-order chi connectivity index (χ0) is 21.6. The molecule has 0 bridgehead atoms. The van der Waals surface area contributed by atoms with Crippen LogP contribution >= 0.6 is 0 Å². The quantitative estimate of drug-likeness (QED) is 0.458. The number of rotatable bonds is 5. The summed E-state index contributed by atoms with van der Waals surface area (Å²) in [5.41, 5.74) is 2.40. The third-order valence-corrected chi connectivity index (χ3v) is 7.32. The Morgan fingerprint density at radius 3 is 2.55 bits per heavy atom. The molecule has 2 heterocycles. The summed E-state index contributed by atoms with van der Waals surface area (Å²) >= 11 is 0. The molecular weight excluding hydrogens is 390 g/mol. The van der Waals surface area contributed by atoms with Crippen LogP contribution in [0, 0.1) is 23.2 Å². The Hall–Kier alpha value is -3.08. The summed E-state index contributed by atoms with van der Waals surface area (Å²) in [6, 6.07) is 18.0. The minimum Gasteiger partial charge on any atom is -0.489 e. The molecule has 2 aliphatic heterocycles. The van der Waals surface area contributed by atoms with Gasteiger partial charge in [0.05, 0.1) is 6.61 Å². The smallest absolute Gasteiger partial charge is 0.322 e. The number of hydrogen-bond acceptors (Lipinski definition) is 4. The predicted octanol–water partition coefficient (Wildman–Crippen LogP) is 3.68. The van der Waals surface area contributed by atoms with Crippen LogP contribution < -0.4 is 10.1 Å². The van der Waals surface area contributed by atoms with E-state index in [4.69, 9.17) is 9.47 Å². The zero-order valence-electron chi connectivity index (χ0n) is 17.8. The molecule has 5 nitrogen and oxygen atoms in total. The van der Waals surface area contributed by atoms with Gasteiger partial charge in [-0.3, -0.25) is 9.59 Å². The van der Waals surface area contributed by atoms with E-state index in [-0.39, 0.29) is 35.7 Å². The average molecular weight is 418 g/mol. The Kier molecular flexibility index (Phi) is 4.84. The number of cyclic esters (lactones) is 1. The Morgan fingerprint density at radius 2 is 1.81 bits per heavy atom. The molecule has 5 rings (SSSR count). The fraction of sp³-hybridized carbons (Fsp3) is 0.385. The van der Waals surface area contributed by atoms with Gasteiger partial charge in [-0.15, -0.1) is 0 Å². The molecular formula is C26H27NO4. The molecule has 2 saturated heterocycles. The molecule has 5 heteroatoms. The normalized spacial score (nSPS) is 31.4. The number of carbonyl (C=O) groups is 2. The van der Waals surface area contributed by atoms with Crippen molar-refractivity contribution in [1.82, 2.24) is 5.32 Å². The van der Waals surface area contributed by atoms with Gasteiger partial charge in [-0.25, -0.2) is 0 Å². The number of nitrogens with one attached hydrogen (secondary N) is 1. The summed E-state index contributed by atoms with van der Waals surface area (Å²) in [7, 11) is 0. The maximum atomic E-state index is 13.1. The first-order valence-electron chi connectivity index (χ1n) is 10.9. The zero-order valence-corrected chi connectivity index (χ0v) is 17.8. The number of carbonyl (C=O) groups excluding carboxylic acids is 2. The number of esters is 1. The highest BCUT2D eigenvalue weighted by Gasteiger charge is 2.69. The van der Waals surface area contributed by atoms with Gasteiger partial charge in [-0.2, -0.15) is 0 Å². The van der Waals surface area contributed by atoms with Gasteiger partial charge in [0.1, 0.15) is 12.4 Å². The molecule has 0 aromatic heterocycles. The Morgan fingerprint density at radius 1 is 1.06 bits per heavy atom. The Labute approximate surface area is 182 Å². The summed E-state index contributed by atoms with van der Waals surface area (Å²) in [5.74, 6) is 0.151. The second kappa shape index (κ2) is 7.56. The minimum atomic E-state index is -1.07. The lowest BCUT2D eigenvalue weighted by Crippen LogP contribution is -2.49. The first-order chi connectivity index (χ1) is 15.0. The lowest BCUT2D eigenvalue weighted by molar-refractivity contribution is -0.154. The molecule has 160 valence electrons. The fourth-order valence-corrected chi connectivity index (χ4v) is 5.63. The van der Waals surface area contributed by atoms with E-state index in [0.29, 0.717) is 19.6 Å². The van der Waals surface area contributed by atoms with Gasteiger partial charge >= 0.3 is 5.97 Å². The average Bonchev–Trinajstić information content (AvgIpc) is 3.26. The molecule has 5 atom stereocenters. The maximum Gasteiger partial charge on any atom is 0.322 e. The van der Waals surface area contributed by atoms with Gasteiger partial charge in [0, 0.05) is 17.9 Å². The highest BCUT2D eigenvalue weighted by Crippen LogP contribution is 2.56. The predicted molar refractivity (Wildman–Crippen MR) is 116 cm³/mol. The van der Waals surface area contributed by atoms with Crippen molar-refractivity contribution < 1.29 is 19.1 Å². The lowest BCUT2D eigenvalue weighted by atomic mass is 9.58. The van der Waals surface area contributed by atoms with Crippen LogP contribution in [-0.4, -0.2) is 24.5 Å². The highest BCUT2D eigenvalue weighted by atomic mass is 16.5. The second-order valence-corrected chi connectivity index (χ2v) is 9.00. The molecule has 2 aromatic rings. The van der Waals surface area contributed by atoms with Crippen molar-refractivity contribution >= 4 is 11.9 Å². The van der Waals surface area contributed by atoms with Crippen molar-refractivity contribution in [2.24, 2.45) is 23.2 Å². The van der Waals surface area contributed by atoms with Crippen molar-refractivity contribution in [3.8, 4) is 5.75 Å². The van der Waals surface area contributed by atoms with E-state index in [0.717, 1.165) is 16.9 Å². The van der Waals surface area contributed by atoms with Crippen LogP contribution in [0.5, 0.6) is 5.75 Å². The van der Waals surface area contributed by atoms with E-state index in [9.17, 15) is 9.59 Å². The van der Waals surface area contributed by atoms with Crippen molar-refractivity contribution in [3.05, 3.63) is 77.4 Å². The second-order valence-electron chi connectivity index (χ2n) is 9.00. The standard InChI is InChI=1S/C26H27NO4/c1-16-12-20-15-31-25(29)26(20)23(17(16)2)22(27-24(26)28)13-18-8-10-21(11-9-18)30-14-19-6-4-3-5-7-19/h3-12,17,20,22-23H,13-15H2,1-2H3,(H,27,28)/t17-,20-,22+,23+,26+/m1/s1. The molecule has 3 aliphatic rings. The molecule has 2 aromatic carbocycles. The molecule has 1 aliphatic carbocycles. The monoisotopic (exact) mass is 417 g/mol. The fourth-order valence-electron chi connectivity index (χ4n) is 5.63. The molecule has 1 spiro atoms. The molecule has 2 fully saturated rings. The van der Waals surface area contributed by atoms with Gasteiger partial charge in [0.2, 0.25) is 5.91 Å². The topological polar surface area (TPSA) is 64.6 Å². The maximum absolute atomic E-state index is 13.1. The summed E-state index contributed by atoms with van der Waals surface area (Å²) in [6.07, 6.45) is 2.75. The number of amides is 1. The minimum absolute atomic E-state index is 0.0981. The van der Waals surface area contributed by atoms with Gasteiger partial charge in [0.15, 0.2) is 5.41 Å². The third-order valence-electron chi connectivity index (χ3n) is 7.32. The number of allylic oxidation sites excluding steroid dienone is 1. The first-order valence-corrected chi connectivity index (χ1v) is 10.9. The van der Waals surface area contributed by atoms with Gasteiger partial charge in [-0.05, 0) is 42.5 Å². The van der Waals surface area contributed by atoms with Crippen molar-refractivity contribution in [3.63, 3.8) is 0 Å². The SMILES string of the molecule is CC1=C[C@@H]2COC(=O)[C@@]23C(=O)N[C@@H](Cc2ccc(OCc4ccccc4)cc2)[C@@H]3[C@@H]1C. The van der Waals surface area contributed by atoms with E-state index in [1.807, 2.05) is 54.6 Å². The molecule has 0 radical (unpaired) electrons. The van der Waals surface area contributed by atoms with Gasteiger partial charge in [0.25, 0.3) is 0 Å². The van der Waals surface area contributed by atoms with Crippen LogP contribution in [0.3, 0.4) is 0 Å². The van der Waals surface area contributed by atoms with Crippen LogP contribution in [0.25, 0.3) is 0 Å². The molecule has 1 N–H and O–H groups in total. The summed E-state index contributed by atoms with van der Waals surface area (Å²) < 4.78 is 11.3. The first kappa shape index (κ1) is 19.9. The van der Waals surface area contributed by atoms with Crippen LogP contribution in [0.4, 0.5) is 0 Å². The molecule has 0 unspecified atom stereocenters. The molecule has 1 amide bonds. The highest BCUT2D eigenvalue weighted by molar-refractivity contribution is 6.07. The van der Waals surface area contributed by atoms with E-state index in [1.165, 1.54) is 5.57 Å². The van der Waals surface area contributed by atoms with Gasteiger partial charge in [-0.1, -0.05) is 61.0 Å². The van der Waals surface area contributed by atoms with E-state index in [2.05, 4.69) is 25.2 Å². The Bertz CT molecular complexity index is 1030. The third kappa shape index (κ3) is 3.14. The van der Waals surface area contributed by atoms with Crippen molar-refractivity contribution in [2.75, 3.05) is 6.61 Å². The molecule has 0 saturated carbocycles. The number of benzene rings is 2. The van der Waals surface area contributed by atoms with E-state index >= 15 is 0 Å². The van der Waals surface area contributed by atoms with Crippen LogP contribution in [0.2, 0.25) is 0 Å². The number of hydrogen-bond donors (Lipinski definition) is 1. The number of ether oxygens (including phenoxy) is 2.